The van der Waals surface area contributed by atoms with Gasteiger partial charge in [-0.25, -0.2) is 8.78 Å². The molecule has 0 aliphatic rings. The molecule has 51 heavy (non-hydrogen) atoms. The molecule has 1 unspecified atom stereocenters. The Kier molecular flexibility index (Phi) is 9.45. The van der Waals surface area contributed by atoms with E-state index in [0.29, 0.717) is 38.8 Å². The lowest BCUT2D eigenvalue weighted by Crippen LogP contribution is -2.20. The van der Waals surface area contributed by atoms with Gasteiger partial charge in [0.25, 0.3) is 11.8 Å². The summed E-state index contributed by atoms with van der Waals surface area (Å²) in [6.45, 7) is 4.94. The van der Waals surface area contributed by atoms with Crippen LogP contribution in [0.15, 0.2) is 72.8 Å². The Labute approximate surface area is 299 Å². The van der Waals surface area contributed by atoms with Gasteiger partial charge in [0.2, 0.25) is 0 Å². The van der Waals surface area contributed by atoms with Crippen LogP contribution in [-0.2, 0) is 16.0 Å². The van der Waals surface area contributed by atoms with Gasteiger partial charge in [-0.05, 0) is 104 Å². The summed E-state index contributed by atoms with van der Waals surface area (Å²) in [7, 11) is 0. The molecule has 0 saturated carbocycles. The van der Waals surface area contributed by atoms with Crippen molar-refractivity contribution >= 4 is 68.8 Å². The van der Waals surface area contributed by atoms with Gasteiger partial charge in [0, 0.05) is 33.3 Å². The molecule has 4 aromatic carbocycles. The molecule has 0 fully saturated rings. The number of carbonyl (C=O) groups is 4. The average Bonchev–Trinajstić information content (AvgIpc) is 3.51. The van der Waals surface area contributed by atoms with Crippen LogP contribution >= 0.6 is 23.2 Å². The molecule has 13 heteroatoms. The number of aromatic nitrogens is 2. The second-order valence-corrected chi connectivity index (χ2v) is 12.7. The lowest BCUT2D eigenvalue weighted by atomic mass is 9.93. The first-order chi connectivity index (χ1) is 24.2. The van der Waals surface area contributed by atoms with Crippen molar-refractivity contribution in [2.75, 3.05) is 0 Å². The van der Waals surface area contributed by atoms with Crippen molar-refractivity contribution in [3.05, 3.63) is 128 Å². The molecule has 0 radical (unpaired) electrons. The van der Waals surface area contributed by atoms with Crippen LogP contribution in [0.1, 0.15) is 62.5 Å². The number of aliphatic carboxylic acids is 1. The third kappa shape index (κ3) is 6.34. The number of carboxylic acids is 1. The van der Waals surface area contributed by atoms with Crippen molar-refractivity contribution in [3.8, 4) is 11.5 Å². The van der Waals surface area contributed by atoms with E-state index in [4.69, 9.17) is 27.9 Å². The summed E-state index contributed by atoms with van der Waals surface area (Å²) in [5, 5.41) is 20.5. The number of phenols is 1. The highest BCUT2D eigenvalue weighted by Crippen LogP contribution is 2.38. The summed E-state index contributed by atoms with van der Waals surface area (Å²) in [6.07, 6.45) is -0.243. The van der Waals surface area contributed by atoms with E-state index in [1.165, 1.54) is 69.8 Å². The third-order valence-electron chi connectivity index (χ3n) is 8.87. The zero-order valence-corrected chi connectivity index (χ0v) is 28.8. The molecule has 0 aliphatic carbocycles. The van der Waals surface area contributed by atoms with Crippen molar-refractivity contribution < 1.29 is 42.9 Å². The fourth-order valence-electron chi connectivity index (χ4n) is 6.49. The standard InChI is InChI=1S/C38H28Cl2F2N2O7/c1-4-24(35-19(3)44(33-11-7-22(45)15-27(33)35)37(49)21-6-10-29(40)31(42)14-21)38(50)51-23-8-12-32-26(16-23)25(17-34(46)47)18(2)43(32)36(48)20-5-9-28(39)30(41)13-20/h5-16,24,45H,4,17H2,1-3H3,(H,46,47). The minimum atomic E-state index is -1.17. The number of phenolic OH excluding ortho intramolecular Hbond substituents is 1. The van der Waals surface area contributed by atoms with Crippen LogP contribution in [-0.4, -0.2) is 43.1 Å². The number of hydrogen-bond donors (Lipinski definition) is 2. The van der Waals surface area contributed by atoms with Crippen molar-refractivity contribution in [2.45, 2.75) is 39.5 Å². The molecule has 2 aromatic heterocycles. The maximum atomic E-state index is 14.3. The van der Waals surface area contributed by atoms with E-state index >= 15 is 0 Å². The summed E-state index contributed by atoms with van der Waals surface area (Å²) < 4.78 is 37.0. The van der Waals surface area contributed by atoms with Crippen molar-refractivity contribution in [3.63, 3.8) is 0 Å². The van der Waals surface area contributed by atoms with Gasteiger partial charge < -0.3 is 14.9 Å². The van der Waals surface area contributed by atoms with E-state index in [9.17, 15) is 38.2 Å². The number of benzene rings is 4. The summed E-state index contributed by atoms with van der Waals surface area (Å²) in [5.41, 5.74) is 2.04. The highest BCUT2D eigenvalue weighted by molar-refractivity contribution is 6.31. The zero-order chi connectivity index (χ0) is 36.9. The summed E-state index contributed by atoms with van der Waals surface area (Å²) in [6, 6.07) is 16.0. The number of aromatic hydroxyl groups is 1. The van der Waals surface area contributed by atoms with E-state index in [2.05, 4.69) is 0 Å². The molecule has 260 valence electrons. The lowest BCUT2D eigenvalue weighted by molar-refractivity contribution is -0.137. The second-order valence-electron chi connectivity index (χ2n) is 11.9. The maximum Gasteiger partial charge on any atom is 0.318 e. The van der Waals surface area contributed by atoms with Crippen LogP contribution in [0.2, 0.25) is 10.0 Å². The van der Waals surface area contributed by atoms with Gasteiger partial charge in [-0.3, -0.25) is 28.3 Å². The fourth-order valence-corrected chi connectivity index (χ4v) is 6.72. The fraction of sp³-hybridized carbons (Fsp3) is 0.158. The SMILES string of the molecule is CCC(C(=O)Oc1ccc2c(c1)c(CC(=O)O)c(C)n2C(=O)c1ccc(Cl)c(F)c1)c1c(C)n(C(=O)c2ccc(Cl)c(F)c2)c2ccc(O)cc12. The minimum Gasteiger partial charge on any atom is -0.508 e. The van der Waals surface area contributed by atoms with Crippen LogP contribution in [0.4, 0.5) is 8.78 Å². The Bertz CT molecular complexity index is 2450. The molecule has 6 aromatic rings. The van der Waals surface area contributed by atoms with E-state index in [1.54, 1.807) is 20.8 Å². The Morgan fingerprint density at radius 3 is 1.86 bits per heavy atom. The van der Waals surface area contributed by atoms with Gasteiger partial charge in [-0.1, -0.05) is 30.1 Å². The molecule has 0 aliphatic heterocycles. The van der Waals surface area contributed by atoms with E-state index in [0.717, 1.165) is 12.1 Å². The van der Waals surface area contributed by atoms with Crippen LogP contribution in [0, 0.1) is 25.5 Å². The Morgan fingerprint density at radius 2 is 1.31 bits per heavy atom. The molecule has 0 bridgehead atoms. The Hall–Kier alpha value is -5.52. The molecule has 6 rings (SSSR count). The molecular formula is C38H28Cl2F2N2O7. The van der Waals surface area contributed by atoms with Gasteiger partial charge in [-0.15, -0.1) is 0 Å². The first-order valence-electron chi connectivity index (χ1n) is 15.6. The van der Waals surface area contributed by atoms with Gasteiger partial charge in [0.05, 0.1) is 33.4 Å². The molecule has 2 N–H and O–H groups in total. The van der Waals surface area contributed by atoms with Crippen molar-refractivity contribution in [1.29, 1.82) is 0 Å². The first kappa shape index (κ1) is 35.3. The number of halogens is 4. The normalized spacial score (nSPS) is 12.0. The number of carboxylic acid groups (broad SMARTS) is 1. The van der Waals surface area contributed by atoms with Crippen LogP contribution in [0.5, 0.6) is 11.5 Å². The minimum absolute atomic E-state index is 0.0135. The third-order valence-corrected chi connectivity index (χ3v) is 9.48. The highest BCUT2D eigenvalue weighted by Gasteiger charge is 2.31. The lowest BCUT2D eigenvalue weighted by Gasteiger charge is -2.16. The van der Waals surface area contributed by atoms with E-state index < -0.39 is 47.7 Å². The van der Waals surface area contributed by atoms with Gasteiger partial charge >= 0.3 is 11.9 Å². The zero-order valence-electron chi connectivity index (χ0n) is 27.3. The van der Waals surface area contributed by atoms with E-state index in [-0.39, 0.29) is 44.7 Å². The smallest absolute Gasteiger partial charge is 0.318 e. The summed E-state index contributed by atoms with van der Waals surface area (Å²) >= 11 is 11.6. The predicted molar refractivity (Wildman–Crippen MR) is 187 cm³/mol. The van der Waals surface area contributed by atoms with Crippen LogP contribution in [0.25, 0.3) is 21.8 Å². The van der Waals surface area contributed by atoms with Gasteiger partial charge in [0.1, 0.15) is 23.1 Å². The van der Waals surface area contributed by atoms with Gasteiger partial charge in [0.15, 0.2) is 0 Å². The number of esters is 1. The molecular weight excluding hydrogens is 705 g/mol. The molecule has 9 nitrogen and oxygen atoms in total. The maximum absolute atomic E-state index is 14.3. The van der Waals surface area contributed by atoms with Crippen LogP contribution < -0.4 is 4.74 Å². The largest absolute Gasteiger partial charge is 0.508 e. The van der Waals surface area contributed by atoms with E-state index in [1.807, 2.05) is 0 Å². The Morgan fingerprint density at radius 1 is 0.765 bits per heavy atom. The predicted octanol–water partition coefficient (Wildman–Crippen LogP) is 8.61. The van der Waals surface area contributed by atoms with Crippen LogP contribution in [0.3, 0.4) is 0 Å². The van der Waals surface area contributed by atoms with Crippen molar-refractivity contribution in [1.82, 2.24) is 9.13 Å². The molecule has 2 heterocycles. The Balaban J connectivity index is 1.41. The quantitative estimate of drug-likeness (QED) is 0.118. The summed E-state index contributed by atoms with van der Waals surface area (Å²) in [5.74, 6) is -5.66. The molecule has 0 spiro atoms. The first-order valence-corrected chi connectivity index (χ1v) is 16.4. The number of nitrogens with zero attached hydrogens (tertiary/aromatic N) is 2. The number of rotatable bonds is 8. The van der Waals surface area contributed by atoms with Gasteiger partial charge in [-0.2, -0.15) is 0 Å². The highest BCUT2D eigenvalue weighted by atomic mass is 35.5. The molecule has 0 saturated heterocycles. The monoisotopic (exact) mass is 732 g/mol. The molecule has 1 atom stereocenters. The number of hydrogen-bond acceptors (Lipinski definition) is 6. The second kappa shape index (κ2) is 13.7. The number of ether oxygens (including phenoxy) is 1. The number of fused-ring (bicyclic) bond motifs is 2. The topological polar surface area (TPSA) is 128 Å². The van der Waals surface area contributed by atoms with Crippen molar-refractivity contribution in [2.24, 2.45) is 0 Å². The number of carbonyl (C=O) groups excluding carboxylic acids is 3. The average molecular weight is 734 g/mol. The molecule has 0 amide bonds. The summed E-state index contributed by atoms with van der Waals surface area (Å²) in [4.78, 5) is 53.1.